The molecule has 0 spiro atoms. The molecule has 2 rings (SSSR count). The molecule has 0 radical (unpaired) electrons. The zero-order valence-corrected chi connectivity index (χ0v) is 16.9. The Hall–Kier alpha value is -3.42. The summed E-state index contributed by atoms with van der Waals surface area (Å²) in [7, 11) is 2.86. The van der Waals surface area contributed by atoms with E-state index in [9.17, 15) is 9.59 Å². The Labute approximate surface area is 169 Å². The molecule has 0 fully saturated rings. The smallest absolute Gasteiger partial charge is 0.346 e. The van der Waals surface area contributed by atoms with Gasteiger partial charge in [-0.05, 0) is 38.1 Å². The van der Waals surface area contributed by atoms with Crippen molar-refractivity contribution in [2.45, 2.75) is 13.8 Å². The Bertz CT molecular complexity index is 829. The van der Waals surface area contributed by atoms with Crippen LogP contribution in [0.5, 0.6) is 23.0 Å². The lowest BCUT2D eigenvalue weighted by Crippen LogP contribution is -2.21. The predicted molar refractivity (Wildman–Crippen MR) is 107 cm³/mol. The summed E-state index contributed by atoms with van der Waals surface area (Å²) in [6.07, 6.45) is 0. The lowest BCUT2D eigenvalue weighted by atomic mass is 10.2. The molecule has 0 saturated heterocycles. The first kappa shape index (κ1) is 21.9. The number of amides is 1. The van der Waals surface area contributed by atoms with Crippen molar-refractivity contribution in [3.05, 3.63) is 42.0 Å². The molecule has 156 valence electrons. The van der Waals surface area contributed by atoms with Gasteiger partial charge in [0.15, 0.2) is 18.1 Å². The Kier molecular flexibility index (Phi) is 8.14. The number of benzene rings is 2. The van der Waals surface area contributed by atoms with Gasteiger partial charge in [0.25, 0.3) is 5.91 Å². The first-order valence-corrected chi connectivity index (χ1v) is 9.11. The van der Waals surface area contributed by atoms with Crippen molar-refractivity contribution >= 4 is 17.6 Å². The molecule has 0 saturated carbocycles. The van der Waals surface area contributed by atoms with Gasteiger partial charge in [0.05, 0.1) is 27.4 Å². The fraction of sp³-hybridized carbons (Fsp3) is 0.333. The molecule has 0 unspecified atom stereocenters. The fourth-order valence-electron chi connectivity index (χ4n) is 2.58. The van der Waals surface area contributed by atoms with Crippen LogP contribution in [-0.4, -0.2) is 45.9 Å². The van der Waals surface area contributed by atoms with Crippen LogP contribution in [0.3, 0.4) is 0 Å². The summed E-state index contributed by atoms with van der Waals surface area (Å²) < 4.78 is 26.5. The molecule has 0 atom stereocenters. The molecule has 29 heavy (non-hydrogen) atoms. The molecule has 8 heteroatoms. The van der Waals surface area contributed by atoms with Gasteiger partial charge in [-0.3, -0.25) is 4.79 Å². The molecule has 8 nitrogen and oxygen atoms in total. The van der Waals surface area contributed by atoms with Crippen molar-refractivity contribution < 1.29 is 33.3 Å². The van der Waals surface area contributed by atoms with E-state index < -0.39 is 18.5 Å². The molecule has 1 amide bonds. The van der Waals surface area contributed by atoms with Crippen molar-refractivity contribution in [2.24, 2.45) is 0 Å². The quantitative estimate of drug-likeness (QED) is 0.609. The van der Waals surface area contributed by atoms with Gasteiger partial charge in [0, 0.05) is 11.8 Å². The van der Waals surface area contributed by atoms with E-state index in [-0.39, 0.29) is 5.56 Å². The maximum atomic E-state index is 12.4. The standard InChI is InChI=1S/C21H25NO7/c1-5-27-15-11-10-14(12-18(15)28-6-2)22-19(23)13-29-21(24)20-16(25-3)8-7-9-17(20)26-4/h7-12H,5-6,13H2,1-4H3,(H,22,23). The van der Waals surface area contributed by atoms with Crippen LogP contribution in [0.1, 0.15) is 24.2 Å². The van der Waals surface area contributed by atoms with Crippen molar-refractivity contribution in [2.75, 3.05) is 39.4 Å². The number of hydrogen-bond donors (Lipinski definition) is 1. The molecule has 2 aromatic carbocycles. The molecular formula is C21H25NO7. The minimum atomic E-state index is -0.726. The summed E-state index contributed by atoms with van der Waals surface area (Å²) >= 11 is 0. The molecule has 0 aliphatic heterocycles. The van der Waals surface area contributed by atoms with Crippen LogP contribution in [0.4, 0.5) is 5.69 Å². The van der Waals surface area contributed by atoms with Crippen molar-refractivity contribution in [1.82, 2.24) is 0 Å². The van der Waals surface area contributed by atoms with Gasteiger partial charge < -0.3 is 29.0 Å². The highest BCUT2D eigenvalue weighted by Crippen LogP contribution is 2.31. The summed E-state index contributed by atoms with van der Waals surface area (Å²) in [6, 6.07) is 9.93. The van der Waals surface area contributed by atoms with Gasteiger partial charge in [-0.15, -0.1) is 0 Å². The van der Waals surface area contributed by atoms with Crippen molar-refractivity contribution in [3.63, 3.8) is 0 Å². The summed E-state index contributed by atoms with van der Waals surface area (Å²) in [5, 5.41) is 2.66. The van der Waals surface area contributed by atoms with E-state index in [1.165, 1.54) is 14.2 Å². The van der Waals surface area contributed by atoms with Crippen LogP contribution in [0.2, 0.25) is 0 Å². The third-order valence-corrected chi connectivity index (χ3v) is 3.79. The number of esters is 1. The van der Waals surface area contributed by atoms with E-state index in [4.69, 9.17) is 23.7 Å². The van der Waals surface area contributed by atoms with Crippen LogP contribution in [0, 0.1) is 0 Å². The van der Waals surface area contributed by atoms with Gasteiger partial charge in [-0.25, -0.2) is 4.79 Å². The SMILES string of the molecule is CCOc1ccc(NC(=O)COC(=O)c2c(OC)cccc2OC)cc1OCC. The Morgan fingerprint density at radius 1 is 0.862 bits per heavy atom. The Morgan fingerprint density at radius 3 is 2.07 bits per heavy atom. The zero-order chi connectivity index (χ0) is 21.2. The summed E-state index contributed by atoms with van der Waals surface area (Å²) in [5.74, 6) is 0.463. The first-order valence-electron chi connectivity index (χ1n) is 9.11. The van der Waals surface area contributed by atoms with E-state index >= 15 is 0 Å². The largest absolute Gasteiger partial charge is 0.496 e. The van der Waals surface area contributed by atoms with Crippen LogP contribution in [0.25, 0.3) is 0 Å². The highest BCUT2D eigenvalue weighted by atomic mass is 16.5. The van der Waals surface area contributed by atoms with Crippen LogP contribution in [-0.2, 0) is 9.53 Å². The number of hydrogen-bond acceptors (Lipinski definition) is 7. The minimum Gasteiger partial charge on any atom is -0.496 e. The van der Waals surface area contributed by atoms with E-state index in [1.807, 2.05) is 13.8 Å². The monoisotopic (exact) mass is 403 g/mol. The molecule has 2 aromatic rings. The molecule has 1 N–H and O–H groups in total. The number of nitrogens with one attached hydrogen (secondary N) is 1. The third-order valence-electron chi connectivity index (χ3n) is 3.79. The lowest BCUT2D eigenvalue weighted by molar-refractivity contribution is -0.119. The maximum Gasteiger partial charge on any atom is 0.346 e. The van der Waals surface area contributed by atoms with Gasteiger partial charge >= 0.3 is 5.97 Å². The molecule has 0 bridgehead atoms. The van der Waals surface area contributed by atoms with E-state index in [1.54, 1.807) is 36.4 Å². The van der Waals surface area contributed by atoms with Gasteiger partial charge in [-0.1, -0.05) is 6.07 Å². The Morgan fingerprint density at radius 2 is 1.48 bits per heavy atom. The number of carbonyl (C=O) groups excluding carboxylic acids is 2. The third kappa shape index (κ3) is 5.78. The van der Waals surface area contributed by atoms with Crippen LogP contribution >= 0.6 is 0 Å². The number of anilines is 1. The van der Waals surface area contributed by atoms with E-state index in [2.05, 4.69) is 5.32 Å². The maximum absolute atomic E-state index is 12.4. The number of rotatable bonds is 10. The number of carbonyl (C=O) groups is 2. The predicted octanol–water partition coefficient (Wildman–Crippen LogP) is 3.30. The highest BCUT2D eigenvalue weighted by Gasteiger charge is 2.20. The normalized spacial score (nSPS) is 10.1. The zero-order valence-electron chi connectivity index (χ0n) is 16.9. The van der Waals surface area contributed by atoms with E-state index in [0.29, 0.717) is 41.9 Å². The highest BCUT2D eigenvalue weighted by molar-refractivity contribution is 5.98. The topological polar surface area (TPSA) is 92.3 Å². The van der Waals surface area contributed by atoms with E-state index in [0.717, 1.165) is 0 Å². The average molecular weight is 403 g/mol. The minimum absolute atomic E-state index is 0.116. The van der Waals surface area contributed by atoms with Gasteiger partial charge in [0.1, 0.15) is 17.1 Å². The summed E-state index contributed by atoms with van der Waals surface area (Å²) in [5.41, 5.74) is 0.609. The second kappa shape index (κ2) is 10.8. The molecular weight excluding hydrogens is 378 g/mol. The number of ether oxygens (including phenoxy) is 5. The summed E-state index contributed by atoms with van der Waals surface area (Å²) in [4.78, 5) is 24.6. The van der Waals surface area contributed by atoms with Gasteiger partial charge in [-0.2, -0.15) is 0 Å². The van der Waals surface area contributed by atoms with Crippen LogP contribution < -0.4 is 24.3 Å². The Balaban J connectivity index is 2.03. The fourth-order valence-corrected chi connectivity index (χ4v) is 2.58. The average Bonchev–Trinajstić information content (AvgIpc) is 2.73. The molecule has 0 aliphatic rings. The molecule has 0 aliphatic carbocycles. The second-order valence-electron chi connectivity index (χ2n) is 5.69. The second-order valence-corrected chi connectivity index (χ2v) is 5.69. The first-order chi connectivity index (χ1) is 14.0. The lowest BCUT2D eigenvalue weighted by Gasteiger charge is -2.14. The van der Waals surface area contributed by atoms with Crippen LogP contribution in [0.15, 0.2) is 36.4 Å². The molecule has 0 aromatic heterocycles. The van der Waals surface area contributed by atoms with Crippen molar-refractivity contribution in [1.29, 1.82) is 0 Å². The van der Waals surface area contributed by atoms with Gasteiger partial charge in [0.2, 0.25) is 0 Å². The molecule has 0 heterocycles. The summed E-state index contributed by atoms with van der Waals surface area (Å²) in [6.45, 7) is 4.20. The number of methoxy groups -OCH3 is 2. The van der Waals surface area contributed by atoms with Crippen molar-refractivity contribution in [3.8, 4) is 23.0 Å².